The van der Waals surface area contributed by atoms with Crippen LogP contribution in [0.1, 0.15) is 29.2 Å². The van der Waals surface area contributed by atoms with Crippen molar-refractivity contribution < 1.29 is 9.53 Å². The zero-order chi connectivity index (χ0) is 14.7. The summed E-state index contributed by atoms with van der Waals surface area (Å²) in [5.74, 6) is -0.144. The van der Waals surface area contributed by atoms with Crippen molar-refractivity contribution in [2.45, 2.75) is 18.9 Å². The van der Waals surface area contributed by atoms with E-state index in [0.717, 1.165) is 30.5 Å². The average Bonchev–Trinajstić information content (AvgIpc) is 2.97. The maximum absolute atomic E-state index is 12.2. The van der Waals surface area contributed by atoms with Gasteiger partial charge >= 0.3 is 0 Å². The maximum atomic E-state index is 12.2. The van der Waals surface area contributed by atoms with E-state index in [0.29, 0.717) is 17.3 Å². The fourth-order valence-electron chi connectivity index (χ4n) is 2.40. The third-order valence-electron chi connectivity index (χ3n) is 3.54. The van der Waals surface area contributed by atoms with Gasteiger partial charge in [0.15, 0.2) is 0 Å². The Labute approximate surface area is 131 Å². The van der Waals surface area contributed by atoms with E-state index >= 15 is 0 Å². The van der Waals surface area contributed by atoms with Crippen LogP contribution in [-0.2, 0) is 4.74 Å². The second-order valence-electron chi connectivity index (χ2n) is 4.99. The Bertz CT molecular complexity index is 635. The predicted octanol–water partition coefficient (Wildman–Crippen LogP) is 3.25. The molecule has 3 rings (SSSR count). The summed E-state index contributed by atoms with van der Waals surface area (Å²) in [6.45, 7) is 1.53. The number of anilines is 1. The van der Waals surface area contributed by atoms with Crippen LogP contribution >= 0.6 is 15.9 Å². The van der Waals surface area contributed by atoms with Gasteiger partial charge in [0.25, 0.3) is 5.91 Å². The number of ether oxygens (including phenoxy) is 1. The molecule has 0 radical (unpaired) electrons. The van der Waals surface area contributed by atoms with E-state index in [1.165, 1.54) is 0 Å². The van der Waals surface area contributed by atoms with Crippen molar-refractivity contribution in [3.05, 3.63) is 46.7 Å². The van der Waals surface area contributed by atoms with Gasteiger partial charge in [0.1, 0.15) is 0 Å². The summed E-state index contributed by atoms with van der Waals surface area (Å²) in [5, 5.41) is 7.22. The van der Waals surface area contributed by atoms with Gasteiger partial charge in [0, 0.05) is 23.9 Å². The molecule has 21 heavy (non-hydrogen) atoms. The molecule has 5 nitrogen and oxygen atoms in total. The number of nitrogens with zero attached hydrogens (tertiary/aromatic N) is 2. The number of halogens is 1. The zero-order valence-electron chi connectivity index (χ0n) is 11.5. The molecule has 6 heteroatoms. The van der Waals surface area contributed by atoms with E-state index < -0.39 is 0 Å². The molecule has 1 N–H and O–H groups in total. The Balaban J connectivity index is 1.69. The van der Waals surface area contributed by atoms with Crippen molar-refractivity contribution in [2.24, 2.45) is 0 Å². The van der Waals surface area contributed by atoms with Gasteiger partial charge in [-0.3, -0.25) is 9.48 Å². The van der Waals surface area contributed by atoms with Crippen molar-refractivity contribution in [3.8, 4) is 0 Å². The van der Waals surface area contributed by atoms with Crippen molar-refractivity contribution in [1.82, 2.24) is 9.78 Å². The lowest BCUT2D eigenvalue weighted by atomic mass is 10.1. The molecular weight excluding hydrogens is 334 g/mol. The Morgan fingerprint density at radius 2 is 2.10 bits per heavy atom. The fourth-order valence-corrected chi connectivity index (χ4v) is 2.86. The maximum Gasteiger partial charge on any atom is 0.256 e. The van der Waals surface area contributed by atoms with Crippen LogP contribution in [0.4, 0.5) is 5.69 Å². The molecule has 1 amide bonds. The normalized spacial score (nSPS) is 15.9. The minimum atomic E-state index is -0.144. The van der Waals surface area contributed by atoms with Crippen molar-refractivity contribution in [3.63, 3.8) is 0 Å². The van der Waals surface area contributed by atoms with Gasteiger partial charge in [-0.05, 0) is 40.9 Å². The first-order valence-electron chi connectivity index (χ1n) is 6.92. The van der Waals surface area contributed by atoms with Crippen molar-refractivity contribution in [1.29, 1.82) is 0 Å². The highest BCUT2D eigenvalue weighted by Crippen LogP contribution is 2.22. The van der Waals surface area contributed by atoms with Crippen LogP contribution in [0.2, 0.25) is 0 Å². The molecule has 0 unspecified atom stereocenters. The number of benzene rings is 1. The van der Waals surface area contributed by atoms with Gasteiger partial charge in [0.2, 0.25) is 0 Å². The van der Waals surface area contributed by atoms with Gasteiger partial charge in [-0.15, -0.1) is 0 Å². The summed E-state index contributed by atoms with van der Waals surface area (Å²) in [6.07, 6.45) is 5.48. The summed E-state index contributed by atoms with van der Waals surface area (Å²) in [6, 6.07) is 7.70. The van der Waals surface area contributed by atoms with E-state index in [9.17, 15) is 4.79 Å². The lowest BCUT2D eigenvalue weighted by Crippen LogP contribution is -2.19. The minimum Gasteiger partial charge on any atom is -0.381 e. The SMILES string of the molecule is O=C(Nc1cnn(C2CCOCC2)c1)c1ccccc1Br. The molecule has 0 spiro atoms. The first-order chi connectivity index (χ1) is 10.2. The molecule has 1 saturated heterocycles. The van der Waals surface area contributed by atoms with Gasteiger partial charge < -0.3 is 10.1 Å². The van der Waals surface area contributed by atoms with E-state index in [4.69, 9.17) is 4.74 Å². The number of carbonyl (C=O) groups is 1. The lowest BCUT2D eigenvalue weighted by Gasteiger charge is -2.22. The first kappa shape index (κ1) is 14.3. The second-order valence-corrected chi connectivity index (χ2v) is 5.84. The van der Waals surface area contributed by atoms with Crippen molar-refractivity contribution >= 4 is 27.5 Å². The molecule has 0 aliphatic carbocycles. The van der Waals surface area contributed by atoms with Crippen LogP contribution in [0.25, 0.3) is 0 Å². The number of carbonyl (C=O) groups excluding carboxylic acids is 1. The zero-order valence-corrected chi connectivity index (χ0v) is 13.0. The average molecular weight is 350 g/mol. The van der Waals surface area contributed by atoms with E-state index in [1.54, 1.807) is 12.3 Å². The molecule has 1 aliphatic rings. The molecule has 110 valence electrons. The number of hydrogen-bond acceptors (Lipinski definition) is 3. The Kier molecular flexibility index (Phi) is 4.36. The second kappa shape index (κ2) is 6.41. The minimum absolute atomic E-state index is 0.144. The molecule has 0 saturated carbocycles. The molecule has 1 aromatic carbocycles. The number of nitrogens with one attached hydrogen (secondary N) is 1. The standard InChI is InChI=1S/C15H16BrN3O2/c16-14-4-2-1-3-13(14)15(20)18-11-9-17-19(10-11)12-5-7-21-8-6-12/h1-4,9-10,12H,5-8H2,(H,18,20). The predicted molar refractivity (Wildman–Crippen MR) is 83.4 cm³/mol. The molecule has 2 heterocycles. The van der Waals surface area contributed by atoms with Crippen LogP contribution in [0, 0.1) is 0 Å². The van der Waals surface area contributed by atoms with Crippen molar-refractivity contribution in [2.75, 3.05) is 18.5 Å². The topological polar surface area (TPSA) is 56.2 Å². The number of rotatable bonds is 3. The Morgan fingerprint density at radius 1 is 1.33 bits per heavy atom. The third kappa shape index (κ3) is 3.33. The molecule has 1 aromatic heterocycles. The number of amides is 1. The van der Waals surface area contributed by atoms with Gasteiger partial charge in [0.05, 0.1) is 23.5 Å². The Morgan fingerprint density at radius 3 is 2.86 bits per heavy atom. The largest absolute Gasteiger partial charge is 0.381 e. The van der Waals surface area contributed by atoms with E-state index in [-0.39, 0.29) is 5.91 Å². The fraction of sp³-hybridized carbons (Fsp3) is 0.333. The molecule has 1 aliphatic heterocycles. The summed E-state index contributed by atoms with van der Waals surface area (Å²) in [4.78, 5) is 12.2. The monoisotopic (exact) mass is 349 g/mol. The van der Waals surface area contributed by atoms with Crippen LogP contribution in [0.5, 0.6) is 0 Å². The molecule has 2 aromatic rings. The van der Waals surface area contributed by atoms with Crippen LogP contribution < -0.4 is 5.32 Å². The molecule has 0 atom stereocenters. The first-order valence-corrected chi connectivity index (χ1v) is 7.71. The van der Waals surface area contributed by atoms with E-state index in [2.05, 4.69) is 26.3 Å². The summed E-state index contributed by atoms with van der Waals surface area (Å²) < 4.78 is 8.04. The van der Waals surface area contributed by atoms with E-state index in [1.807, 2.05) is 29.1 Å². The highest BCUT2D eigenvalue weighted by Gasteiger charge is 2.17. The van der Waals surface area contributed by atoms with Gasteiger partial charge in [-0.25, -0.2) is 0 Å². The summed E-state index contributed by atoms with van der Waals surface area (Å²) in [5.41, 5.74) is 1.32. The van der Waals surface area contributed by atoms with Crippen LogP contribution in [0.3, 0.4) is 0 Å². The quantitative estimate of drug-likeness (QED) is 0.925. The van der Waals surface area contributed by atoms with Crippen LogP contribution in [-0.4, -0.2) is 28.9 Å². The van der Waals surface area contributed by atoms with Gasteiger partial charge in [-0.2, -0.15) is 5.10 Å². The summed E-state index contributed by atoms with van der Waals surface area (Å²) in [7, 11) is 0. The third-order valence-corrected chi connectivity index (χ3v) is 4.23. The smallest absolute Gasteiger partial charge is 0.256 e. The van der Waals surface area contributed by atoms with Gasteiger partial charge in [-0.1, -0.05) is 12.1 Å². The lowest BCUT2D eigenvalue weighted by molar-refractivity contribution is 0.0662. The number of aromatic nitrogens is 2. The Hall–Kier alpha value is -1.66. The highest BCUT2D eigenvalue weighted by atomic mass is 79.9. The molecule has 1 fully saturated rings. The number of hydrogen-bond donors (Lipinski definition) is 1. The van der Waals surface area contributed by atoms with Crippen LogP contribution in [0.15, 0.2) is 41.1 Å². The molecular formula is C15H16BrN3O2. The summed E-state index contributed by atoms with van der Waals surface area (Å²) >= 11 is 3.38. The highest BCUT2D eigenvalue weighted by molar-refractivity contribution is 9.10. The molecule has 0 bridgehead atoms.